The molecule has 218 valence electrons. The molecular formula is C31H40N3O5PSi. The van der Waals surface area contributed by atoms with Gasteiger partial charge in [-0.3, -0.25) is 4.79 Å². The lowest BCUT2D eigenvalue weighted by atomic mass is 10.1. The molecule has 8 nitrogen and oxygen atoms in total. The summed E-state index contributed by atoms with van der Waals surface area (Å²) in [5, 5.41) is 5.61. The summed E-state index contributed by atoms with van der Waals surface area (Å²) < 4.78 is 28.8. The summed E-state index contributed by atoms with van der Waals surface area (Å²) >= 11 is 0. The topological polar surface area (TPSA) is 72.5 Å². The molecule has 0 aromatic heterocycles. The van der Waals surface area contributed by atoms with E-state index in [1.165, 1.54) is 16.4 Å². The highest BCUT2D eigenvalue weighted by Gasteiger charge is 2.54. The van der Waals surface area contributed by atoms with Gasteiger partial charge in [-0.1, -0.05) is 91.1 Å². The van der Waals surface area contributed by atoms with Gasteiger partial charge in [0.15, 0.2) is 6.23 Å². The van der Waals surface area contributed by atoms with Crippen LogP contribution in [-0.2, 0) is 23.3 Å². The number of rotatable bonds is 9. The third kappa shape index (κ3) is 5.45. The fraction of sp³-hybridized carbons (Fsp3) is 0.452. The standard InChI is InChI=1S/C31H40N3O5PSi/c1-5-26-29(30(36-3)31(37-26)33-20-18-28(35)32-22(33)2)39-40-34-19-12-17-25(34)27(38-40)21-41(4,23-13-8-6-9-14-23)24-15-10-7-11-16-24/h6-11,13-16,18,20,25-27,29-31H,2,5,12,17,19,21H2,1,3-4H3,(H,32,35)/t25-,26+,27+,29?,30-,31+,40+/m0/s1. The minimum atomic E-state index is -2.09. The van der Waals surface area contributed by atoms with Crippen LogP contribution in [0.2, 0.25) is 12.6 Å². The van der Waals surface area contributed by atoms with Gasteiger partial charge in [0.1, 0.15) is 26.1 Å². The Bertz CT molecular complexity index is 1230. The van der Waals surface area contributed by atoms with Crippen LogP contribution < -0.4 is 15.7 Å². The predicted molar refractivity (Wildman–Crippen MR) is 163 cm³/mol. The summed E-state index contributed by atoms with van der Waals surface area (Å²) in [6.45, 7) is 9.57. The molecule has 10 heteroatoms. The maximum absolute atomic E-state index is 11.8. The largest absolute Gasteiger partial charge is 0.374 e. The zero-order chi connectivity index (χ0) is 28.6. The fourth-order valence-corrected chi connectivity index (χ4v) is 12.7. The molecule has 4 aliphatic heterocycles. The Kier molecular flexibility index (Phi) is 8.48. The van der Waals surface area contributed by atoms with Gasteiger partial charge in [0, 0.05) is 32.0 Å². The Labute approximate surface area is 245 Å². The molecule has 4 heterocycles. The quantitative estimate of drug-likeness (QED) is 0.349. The number of hydrogen-bond acceptors (Lipinski definition) is 7. The van der Waals surface area contributed by atoms with Gasteiger partial charge in [-0.05, 0) is 25.3 Å². The smallest absolute Gasteiger partial charge is 0.259 e. The number of carbonyl (C=O) groups is 1. The van der Waals surface area contributed by atoms with Gasteiger partial charge in [0.25, 0.3) is 14.4 Å². The van der Waals surface area contributed by atoms with E-state index in [4.69, 9.17) is 18.5 Å². The Hall–Kier alpha value is -2.36. The lowest BCUT2D eigenvalue weighted by Crippen LogP contribution is -2.58. The number of benzene rings is 2. The molecule has 3 saturated heterocycles. The molecule has 41 heavy (non-hydrogen) atoms. The molecule has 1 N–H and O–H groups in total. The van der Waals surface area contributed by atoms with E-state index in [0.717, 1.165) is 31.9 Å². The van der Waals surface area contributed by atoms with Crippen LogP contribution in [-0.4, -0.2) is 73.9 Å². The number of carbonyl (C=O) groups excluding carboxylic acids is 1. The SMILES string of the molecule is C=C1NC(=O)C=CN1[C@@H]1O[C@H](CC)C(O[P@@]2O[C@H](C[Si](C)(c3ccccc3)c3ccccc3)[C@@H]3CCCN32)[C@@H]1OC. The van der Waals surface area contributed by atoms with Crippen molar-refractivity contribution in [1.29, 1.82) is 0 Å². The molecule has 1 unspecified atom stereocenters. The van der Waals surface area contributed by atoms with E-state index in [9.17, 15) is 4.79 Å². The molecular weight excluding hydrogens is 553 g/mol. The summed E-state index contributed by atoms with van der Waals surface area (Å²) in [6, 6.07) is 23.3. The van der Waals surface area contributed by atoms with Gasteiger partial charge >= 0.3 is 0 Å². The molecule has 6 rings (SSSR count). The van der Waals surface area contributed by atoms with E-state index >= 15 is 0 Å². The highest BCUT2D eigenvalue weighted by Crippen LogP contribution is 2.58. The summed E-state index contributed by atoms with van der Waals surface area (Å²) in [7, 11) is -1.69. The maximum atomic E-state index is 11.8. The zero-order valence-corrected chi connectivity index (χ0v) is 25.9. The van der Waals surface area contributed by atoms with Gasteiger partial charge in [0.05, 0.1) is 12.2 Å². The number of ether oxygens (including phenoxy) is 2. The molecule has 0 spiro atoms. The van der Waals surface area contributed by atoms with Crippen LogP contribution in [0.3, 0.4) is 0 Å². The van der Waals surface area contributed by atoms with Gasteiger partial charge in [-0.25, -0.2) is 4.67 Å². The summed E-state index contributed by atoms with van der Waals surface area (Å²) in [5.74, 6) is 0.266. The Balaban J connectivity index is 1.24. The number of amides is 1. The van der Waals surface area contributed by atoms with Crippen LogP contribution >= 0.6 is 8.53 Å². The van der Waals surface area contributed by atoms with Crippen LogP contribution in [0.15, 0.2) is 85.3 Å². The first-order valence-corrected chi connectivity index (χ1v) is 18.4. The Morgan fingerprint density at radius 3 is 2.37 bits per heavy atom. The van der Waals surface area contributed by atoms with Gasteiger partial charge in [0.2, 0.25) is 0 Å². The van der Waals surface area contributed by atoms with Crippen LogP contribution in [0.25, 0.3) is 0 Å². The molecule has 0 aliphatic carbocycles. The van der Waals surface area contributed by atoms with Crippen molar-refractivity contribution in [3.8, 4) is 0 Å². The second kappa shape index (κ2) is 12.1. The number of methoxy groups -OCH3 is 1. The summed E-state index contributed by atoms with van der Waals surface area (Å²) in [5.41, 5.74) is 0. The van der Waals surface area contributed by atoms with Crippen molar-refractivity contribution in [1.82, 2.24) is 14.9 Å². The minimum absolute atomic E-state index is 0.0971. The predicted octanol–water partition coefficient (Wildman–Crippen LogP) is 3.92. The molecule has 0 saturated carbocycles. The highest BCUT2D eigenvalue weighted by molar-refractivity contribution is 7.45. The fourth-order valence-electron chi connectivity index (χ4n) is 6.75. The second-order valence-electron chi connectivity index (χ2n) is 11.4. The van der Waals surface area contributed by atoms with Crippen molar-refractivity contribution in [3.63, 3.8) is 0 Å². The van der Waals surface area contributed by atoms with Crippen molar-refractivity contribution in [2.24, 2.45) is 0 Å². The maximum Gasteiger partial charge on any atom is 0.259 e. The molecule has 2 aromatic carbocycles. The molecule has 4 aliphatic rings. The van der Waals surface area contributed by atoms with E-state index < -0.39 is 22.8 Å². The first-order valence-electron chi connectivity index (χ1n) is 14.6. The summed E-state index contributed by atoms with van der Waals surface area (Å²) in [6.07, 6.45) is 4.97. The lowest BCUT2D eigenvalue weighted by molar-refractivity contribution is -0.118. The first-order chi connectivity index (χ1) is 19.9. The third-order valence-corrected chi connectivity index (χ3v) is 15.2. The molecule has 1 amide bonds. The van der Waals surface area contributed by atoms with Gasteiger partial charge in [-0.15, -0.1) is 0 Å². The van der Waals surface area contributed by atoms with Crippen LogP contribution in [0.1, 0.15) is 26.2 Å². The number of nitrogens with one attached hydrogen (secondary N) is 1. The van der Waals surface area contributed by atoms with E-state index in [0.29, 0.717) is 11.9 Å². The summed E-state index contributed by atoms with van der Waals surface area (Å²) in [4.78, 5) is 13.6. The molecule has 7 atom stereocenters. The third-order valence-electron chi connectivity index (χ3n) is 8.98. The van der Waals surface area contributed by atoms with Gasteiger partial charge < -0.3 is 28.7 Å². The first kappa shape index (κ1) is 28.7. The molecule has 0 radical (unpaired) electrons. The number of nitrogens with zero attached hydrogens (tertiary/aromatic N) is 2. The number of fused-ring (bicyclic) bond motifs is 1. The van der Waals surface area contributed by atoms with E-state index in [1.807, 2.05) is 4.90 Å². The Morgan fingerprint density at radius 1 is 1.07 bits per heavy atom. The molecule has 2 aromatic rings. The van der Waals surface area contributed by atoms with E-state index in [-0.39, 0.29) is 30.3 Å². The Morgan fingerprint density at radius 2 is 1.76 bits per heavy atom. The van der Waals surface area contributed by atoms with Crippen molar-refractivity contribution in [2.75, 3.05) is 13.7 Å². The molecule has 0 bridgehead atoms. The zero-order valence-electron chi connectivity index (χ0n) is 24.0. The van der Waals surface area contributed by atoms with E-state index in [1.54, 1.807) is 13.3 Å². The van der Waals surface area contributed by atoms with Crippen LogP contribution in [0, 0.1) is 0 Å². The lowest BCUT2D eigenvalue weighted by Gasteiger charge is -2.34. The molecule has 3 fully saturated rings. The van der Waals surface area contributed by atoms with Crippen molar-refractivity contribution >= 4 is 32.9 Å². The van der Waals surface area contributed by atoms with Crippen molar-refractivity contribution in [2.45, 2.75) is 75.5 Å². The highest BCUT2D eigenvalue weighted by atomic mass is 31.2. The average Bonchev–Trinajstić information content (AvgIpc) is 3.69. The normalized spacial score (nSPS) is 32.0. The van der Waals surface area contributed by atoms with Gasteiger partial charge in [-0.2, -0.15) is 0 Å². The van der Waals surface area contributed by atoms with Crippen LogP contribution in [0.4, 0.5) is 0 Å². The van der Waals surface area contributed by atoms with E-state index in [2.05, 4.69) is 90.7 Å². The van der Waals surface area contributed by atoms with Crippen molar-refractivity contribution in [3.05, 3.63) is 85.3 Å². The minimum Gasteiger partial charge on any atom is -0.374 e. The van der Waals surface area contributed by atoms with Crippen LogP contribution in [0.5, 0.6) is 0 Å². The average molecular weight is 594 g/mol. The van der Waals surface area contributed by atoms with Crippen molar-refractivity contribution < 1.29 is 23.3 Å². The number of hydrogen-bond donors (Lipinski definition) is 1. The second-order valence-corrected chi connectivity index (χ2v) is 17.1. The monoisotopic (exact) mass is 593 g/mol.